The minimum absolute atomic E-state index is 0.0306. The average molecular weight is 1090 g/mol. The summed E-state index contributed by atoms with van der Waals surface area (Å²) < 4.78 is 49.7. The normalized spacial score (nSPS) is 12.4. The minimum Gasteiger partial charge on any atom is -0.382 e. The van der Waals surface area contributed by atoms with Crippen LogP contribution in [0.4, 0.5) is 5.82 Å². The number of anilines is 1. The molecule has 4 heterocycles. The molecule has 8 aromatic rings. The number of hydrogen-bond acceptors (Lipinski definition) is 14. The van der Waals surface area contributed by atoms with E-state index in [0.29, 0.717) is 76.6 Å². The fourth-order valence-corrected chi connectivity index (χ4v) is 10.5. The van der Waals surface area contributed by atoms with E-state index in [4.69, 9.17) is 28.9 Å². The van der Waals surface area contributed by atoms with Crippen LogP contribution < -0.4 is 27.5 Å². The third-order valence-electron chi connectivity index (χ3n) is 11.9. The summed E-state index contributed by atoms with van der Waals surface area (Å²) in [6.45, 7) is 4.87. The van der Waals surface area contributed by atoms with Gasteiger partial charge < -0.3 is 25.5 Å². The number of nitrogen functional groups attached to an aromatic ring is 1. The molecule has 0 bridgehead atoms. The van der Waals surface area contributed by atoms with E-state index >= 15 is 0 Å². The van der Waals surface area contributed by atoms with E-state index in [1.54, 1.807) is 125 Å². The maximum Gasteiger partial charge on any atom is 0.274 e. The summed E-state index contributed by atoms with van der Waals surface area (Å²) >= 11 is 12.5. The number of sulfone groups is 2. The fourth-order valence-electron chi connectivity index (χ4n) is 8.42. The second-order valence-electron chi connectivity index (χ2n) is 18.1. The molecule has 0 aliphatic heterocycles. The number of rotatable bonds is 14. The summed E-state index contributed by atoms with van der Waals surface area (Å²) in [7, 11) is -3.25. The van der Waals surface area contributed by atoms with Crippen molar-refractivity contribution in [1.29, 1.82) is 0 Å². The first-order chi connectivity index (χ1) is 35.3. The molecule has 2 atom stereocenters. The van der Waals surface area contributed by atoms with E-state index in [9.17, 15) is 40.8 Å². The molecule has 388 valence electrons. The Hall–Kier alpha value is -7.65. The number of pyridine rings is 2. The van der Waals surface area contributed by atoms with Crippen molar-refractivity contribution in [2.75, 3.05) is 18.2 Å². The summed E-state index contributed by atoms with van der Waals surface area (Å²) in [5.41, 5.74) is 9.66. The molecule has 4 N–H and O–H groups in total. The number of fused-ring (bicyclic) bond motifs is 2. The number of benzene rings is 4. The van der Waals surface area contributed by atoms with Crippen LogP contribution in [0.2, 0.25) is 10.0 Å². The molecule has 0 spiro atoms. The van der Waals surface area contributed by atoms with Crippen LogP contribution in [0.5, 0.6) is 0 Å². The molecule has 0 unspecified atom stereocenters. The molecular formula is C53H51Cl2N9O9S2. The van der Waals surface area contributed by atoms with E-state index < -0.39 is 43.6 Å². The number of carbonyl (C=O) groups excluding carboxylic acids is 3. The Morgan fingerprint density at radius 3 is 1.48 bits per heavy atom. The first kappa shape index (κ1) is 55.1. The SMILES string of the molecule is CC(=O)Cc1ncc(-c2cccc(CS(C)(=O)=O)c2)nc1C(=O)N[C@@H](C)c1cc2cccc(Cl)c2c(=O)n1C.C[C@H](NC(=O)c1nc(-c2cccc(CS(C)(=O)=O)c2)cnc1N)c1cc2cccc(Cl)c2c(=O)n1C. The van der Waals surface area contributed by atoms with E-state index in [-0.39, 0.29) is 57.7 Å². The van der Waals surface area contributed by atoms with Crippen LogP contribution >= 0.6 is 23.2 Å². The van der Waals surface area contributed by atoms with Gasteiger partial charge >= 0.3 is 0 Å². The molecule has 4 aromatic heterocycles. The van der Waals surface area contributed by atoms with Gasteiger partial charge in [0.1, 0.15) is 5.78 Å². The zero-order valence-corrected chi connectivity index (χ0v) is 44.8. The Morgan fingerprint density at radius 1 is 0.627 bits per heavy atom. The van der Waals surface area contributed by atoms with Crippen LogP contribution in [0.3, 0.4) is 0 Å². The molecule has 0 radical (unpaired) electrons. The van der Waals surface area contributed by atoms with Crippen molar-refractivity contribution in [3.05, 3.63) is 180 Å². The molecule has 0 saturated carbocycles. The van der Waals surface area contributed by atoms with Gasteiger partial charge in [-0.05, 0) is 79.1 Å². The van der Waals surface area contributed by atoms with Crippen molar-refractivity contribution >= 4 is 87.8 Å². The van der Waals surface area contributed by atoms with Crippen molar-refractivity contribution in [2.24, 2.45) is 14.1 Å². The third kappa shape index (κ3) is 13.2. The molecule has 0 aliphatic rings. The van der Waals surface area contributed by atoms with Gasteiger partial charge in [0.05, 0.1) is 80.3 Å². The number of nitrogens with zero attached hydrogens (tertiary/aromatic N) is 6. The number of halogens is 2. The Balaban J connectivity index is 0.000000219. The predicted octanol–water partition coefficient (Wildman–Crippen LogP) is 7.08. The monoisotopic (exact) mass is 1090 g/mol. The van der Waals surface area contributed by atoms with E-state index in [1.165, 1.54) is 28.5 Å². The second kappa shape index (κ2) is 22.4. The molecule has 2 amide bonds. The maximum atomic E-state index is 13.5. The predicted molar refractivity (Wildman–Crippen MR) is 291 cm³/mol. The molecule has 8 rings (SSSR count). The first-order valence-corrected chi connectivity index (χ1v) is 27.9. The van der Waals surface area contributed by atoms with Gasteiger partial charge in [0, 0.05) is 49.1 Å². The molecular weight excluding hydrogens is 1040 g/mol. The van der Waals surface area contributed by atoms with Crippen LogP contribution in [0.25, 0.3) is 44.1 Å². The number of carbonyl (C=O) groups is 3. The Labute approximate surface area is 441 Å². The van der Waals surface area contributed by atoms with Crippen LogP contribution in [0.1, 0.15) is 82.0 Å². The lowest BCUT2D eigenvalue weighted by molar-refractivity contribution is -0.116. The van der Waals surface area contributed by atoms with Gasteiger partial charge in [-0.15, -0.1) is 0 Å². The third-order valence-corrected chi connectivity index (χ3v) is 14.2. The van der Waals surface area contributed by atoms with Crippen molar-refractivity contribution in [3.8, 4) is 22.5 Å². The molecule has 22 heteroatoms. The van der Waals surface area contributed by atoms with Crippen molar-refractivity contribution < 1.29 is 31.2 Å². The smallest absolute Gasteiger partial charge is 0.274 e. The number of hydrogen-bond donors (Lipinski definition) is 3. The standard InChI is InChI=1S/C28H27ClN4O5S.C25H24ClN5O4S/c1-16(34)11-22-26(32-23(14-30-22)19-8-5-7-18(12-19)15-39(4,37)38)27(35)31-17(2)24-13-20-9-6-10-21(29)25(20)28(36)33(24)3;1-14(20-11-17-8-5-9-18(26)21(17)25(33)31(20)2)29-24(32)22-23(27)28-12-19(30-22)16-7-4-6-15(10-16)13-36(3,34)35/h5-10,12-14,17H,11,15H2,1-4H3,(H,31,35);4-12,14H,13H2,1-3H3,(H2,27,28)(H,29,32)/t17-;14-/m00/s1. The van der Waals surface area contributed by atoms with E-state index in [1.807, 2.05) is 0 Å². The van der Waals surface area contributed by atoms with Crippen molar-refractivity contribution in [2.45, 2.75) is 50.8 Å². The van der Waals surface area contributed by atoms with Crippen LogP contribution in [0, 0.1) is 0 Å². The second-order valence-corrected chi connectivity index (χ2v) is 23.2. The number of nitrogens with one attached hydrogen (secondary N) is 2. The molecule has 0 fully saturated rings. The zero-order chi connectivity index (χ0) is 54.7. The van der Waals surface area contributed by atoms with Gasteiger partial charge in [0.2, 0.25) is 0 Å². The van der Waals surface area contributed by atoms with Crippen molar-refractivity contribution in [3.63, 3.8) is 0 Å². The summed E-state index contributed by atoms with van der Waals surface area (Å²) in [4.78, 5) is 81.7. The number of amides is 2. The molecule has 0 saturated heterocycles. The Morgan fingerprint density at radius 2 is 1.04 bits per heavy atom. The van der Waals surface area contributed by atoms with Gasteiger partial charge in [-0.2, -0.15) is 0 Å². The van der Waals surface area contributed by atoms with Crippen molar-refractivity contribution in [1.82, 2.24) is 39.7 Å². The van der Waals surface area contributed by atoms with Gasteiger partial charge in [-0.25, -0.2) is 31.8 Å². The summed E-state index contributed by atoms with van der Waals surface area (Å²) in [5.74, 6) is -1.65. The van der Waals surface area contributed by atoms with Gasteiger partial charge in [0.25, 0.3) is 22.9 Å². The first-order valence-electron chi connectivity index (χ1n) is 23.0. The number of nitrogens with two attached hydrogens (primary N) is 1. The number of aromatic nitrogens is 6. The summed E-state index contributed by atoms with van der Waals surface area (Å²) in [5, 5.41) is 8.51. The Bertz CT molecular complexity index is 3960. The lowest BCUT2D eigenvalue weighted by Crippen LogP contribution is -2.33. The summed E-state index contributed by atoms with van der Waals surface area (Å²) in [6, 6.07) is 26.4. The topological polar surface area (TPSA) is 265 Å². The van der Waals surface area contributed by atoms with Crippen LogP contribution in [-0.2, 0) is 56.5 Å². The molecule has 0 aliphatic carbocycles. The highest BCUT2D eigenvalue weighted by Gasteiger charge is 2.24. The van der Waals surface area contributed by atoms with Gasteiger partial charge in [-0.3, -0.25) is 29.0 Å². The Kier molecular flexibility index (Phi) is 16.5. The highest BCUT2D eigenvalue weighted by atomic mass is 35.5. The quantitative estimate of drug-likeness (QED) is 0.0983. The summed E-state index contributed by atoms with van der Waals surface area (Å²) in [6.07, 6.45) is 5.10. The van der Waals surface area contributed by atoms with Crippen LogP contribution in [0.15, 0.2) is 119 Å². The highest BCUT2D eigenvalue weighted by molar-refractivity contribution is 7.90. The minimum atomic E-state index is -3.25. The molecule has 18 nitrogen and oxygen atoms in total. The highest BCUT2D eigenvalue weighted by Crippen LogP contribution is 2.27. The lowest BCUT2D eigenvalue weighted by atomic mass is 10.1. The zero-order valence-electron chi connectivity index (χ0n) is 41.7. The average Bonchev–Trinajstić information content (AvgIpc) is 3.33. The van der Waals surface area contributed by atoms with Crippen LogP contribution in [-0.4, -0.2) is 76.0 Å². The van der Waals surface area contributed by atoms with Gasteiger partial charge in [0.15, 0.2) is 36.9 Å². The lowest BCUT2D eigenvalue weighted by Gasteiger charge is -2.19. The molecule has 75 heavy (non-hydrogen) atoms. The number of ketones is 1. The van der Waals surface area contributed by atoms with E-state index in [2.05, 4.69) is 30.6 Å². The van der Waals surface area contributed by atoms with E-state index in [0.717, 1.165) is 12.5 Å². The fraction of sp³-hybridized carbons (Fsp3) is 0.226. The maximum absolute atomic E-state index is 13.5. The van der Waals surface area contributed by atoms with Gasteiger partial charge in [-0.1, -0.05) is 83.9 Å². The number of Topliss-reactive ketones (excluding diaryl/α,β-unsaturated/α-hetero) is 1. The largest absolute Gasteiger partial charge is 0.382 e. The molecule has 4 aromatic carbocycles.